The molecule has 1 aliphatic heterocycles. The Hall–Kier alpha value is -0.860. The summed E-state index contributed by atoms with van der Waals surface area (Å²) >= 11 is 0. The monoisotopic (exact) mass is 461 g/mol. The number of nitrogens with one attached hydrogen (secondary N) is 1. The van der Waals surface area contributed by atoms with Crippen LogP contribution in [-0.2, 0) is 14.9 Å². The molecule has 6 heteroatoms. The zero-order valence-corrected chi connectivity index (χ0v) is 17.8. The van der Waals surface area contributed by atoms with Gasteiger partial charge in [0.15, 0.2) is 5.96 Å². The zero-order valence-electron chi connectivity index (χ0n) is 15.4. The molecule has 1 aromatic carbocycles. The number of guanidine groups is 1. The van der Waals surface area contributed by atoms with Crippen molar-refractivity contribution in [2.24, 2.45) is 10.7 Å². The number of halogens is 1. The molecule has 25 heavy (non-hydrogen) atoms. The first-order chi connectivity index (χ1) is 11.7. The highest BCUT2D eigenvalue weighted by molar-refractivity contribution is 14.0. The highest BCUT2D eigenvalue weighted by Gasteiger charge is 2.35. The quantitative estimate of drug-likeness (QED) is 0.270. The average Bonchev–Trinajstić information content (AvgIpc) is 2.61. The second-order valence-corrected chi connectivity index (χ2v) is 6.39. The summed E-state index contributed by atoms with van der Waals surface area (Å²) in [5, 5.41) is 3.18. The van der Waals surface area contributed by atoms with Crippen LogP contribution in [0.25, 0.3) is 0 Å². The first-order valence-corrected chi connectivity index (χ1v) is 8.93. The highest BCUT2D eigenvalue weighted by Crippen LogP contribution is 2.36. The summed E-state index contributed by atoms with van der Waals surface area (Å²) in [6.07, 6.45) is 2.90. The summed E-state index contributed by atoms with van der Waals surface area (Å²) in [5.74, 6) is 0.519. The second-order valence-electron chi connectivity index (χ2n) is 6.39. The molecular weight excluding hydrogens is 429 g/mol. The van der Waals surface area contributed by atoms with E-state index in [4.69, 9.17) is 15.2 Å². The van der Waals surface area contributed by atoms with Gasteiger partial charge < -0.3 is 20.5 Å². The maximum absolute atomic E-state index is 6.05. The fourth-order valence-corrected chi connectivity index (χ4v) is 3.27. The minimum Gasteiger partial charge on any atom is -0.382 e. The van der Waals surface area contributed by atoms with Gasteiger partial charge in [-0.1, -0.05) is 24.3 Å². The SMILES string of the molecule is CCOCCCNC(N)=NCC1(c2ccccc2C)CCOCC1.I. The van der Waals surface area contributed by atoms with Crippen molar-refractivity contribution >= 4 is 29.9 Å². The third-order valence-corrected chi connectivity index (χ3v) is 4.69. The molecule has 1 saturated heterocycles. The van der Waals surface area contributed by atoms with E-state index >= 15 is 0 Å². The molecule has 1 fully saturated rings. The van der Waals surface area contributed by atoms with E-state index in [2.05, 4.69) is 41.5 Å². The minimum absolute atomic E-state index is 0. The van der Waals surface area contributed by atoms with Crippen LogP contribution >= 0.6 is 24.0 Å². The van der Waals surface area contributed by atoms with E-state index in [1.165, 1.54) is 11.1 Å². The standard InChI is InChI=1S/C19H31N3O2.HI/c1-3-23-12-6-11-21-18(20)22-15-19(9-13-24-14-10-19)17-8-5-4-7-16(17)2;/h4-5,7-8H,3,6,9-15H2,1-2H3,(H3,20,21,22);1H. The van der Waals surface area contributed by atoms with Crippen molar-refractivity contribution in [3.63, 3.8) is 0 Å². The van der Waals surface area contributed by atoms with Crippen molar-refractivity contribution < 1.29 is 9.47 Å². The van der Waals surface area contributed by atoms with E-state index < -0.39 is 0 Å². The first-order valence-electron chi connectivity index (χ1n) is 8.93. The van der Waals surface area contributed by atoms with E-state index in [1.54, 1.807) is 0 Å². The Morgan fingerprint density at radius 2 is 2.04 bits per heavy atom. The minimum atomic E-state index is 0. The summed E-state index contributed by atoms with van der Waals surface area (Å²) in [4.78, 5) is 4.64. The Kier molecular flexibility index (Phi) is 10.4. The van der Waals surface area contributed by atoms with Gasteiger partial charge in [-0.3, -0.25) is 4.99 Å². The van der Waals surface area contributed by atoms with Crippen molar-refractivity contribution in [1.29, 1.82) is 0 Å². The van der Waals surface area contributed by atoms with Gasteiger partial charge in [-0.15, -0.1) is 24.0 Å². The van der Waals surface area contributed by atoms with Gasteiger partial charge in [-0.05, 0) is 44.2 Å². The molecule has 0 atom stereocenters. The van der Waals surface area contributed by atoms with E-state index in [9.17, 15) is 0 Å². The van der Waals surface area contributed by atoms with Crippen LogP contribution in [0.15, 0.2) is 29.3 Å². The van der Waals surface area contributed by atoms with E-state index in [-0.39, 0.29) is 29.4 Å². The first kappa shape index (κ1) is 22.2. The molecule has 0 radical (unpaired) electrons. The molecular formula is C19H32IN3O2. The lowest BCUT2D eigenvalue weighted by atomic mass is 9.72. The predicted molar refractivity (Wildman–Crippen MR) is 114 cm³/mol. The van der Waals surface area contributed by atoms with Gasteiger partial charge in [-0.2, -0.15) is 0 Å². The summed E-state index contributed by atoms with van der Waals surface area (Å²) in [5.41, 5.74) is 8.77. The number of ether oxygens (including phenoxy) is 2. The van der Waals surface area contributed by atoms with Crippen molar-refractivity contribution in [2.45, 2.75) is 38.5 Å². The van der Waals surface area contributed by atoms with Crippen LogP contribution in [0.4, 0.5) is 0 Å². The summed E-state index contributed by atoms with van der Waals surface area (Å²) in [6, 6.07) is 8.59. The van der Waals surface area contributed by atoms with Crippen LogP contribution in [0.3, 0.4) is 0 Å². The lowest BCUT2D eigenvalue weighted by Gasteiger charge is -2.37. The van der Waals surface area contributed by atoms with Crippen LogP contribution in [-0.4, -0.2) is 45.5 Å². The van der Waals surface area contributed by atoms with Crippen LogP contribution in [0, 0.1) is 6.92 Å². The lowest BCUT2D eigenvalue weighted by Crippen LogP contribution is -2.40. The van der Waals surface area contributed by atoms with Crippen molar-refractivity contribution in [3.8, 4) is 0 Å². The molecule has 0 unspecified atom stereocenters. The fraction of sp³-hybridized carbons (Fsp3) is 0.632. The number of benzene rings is 1. The average molecular weight is 461 g/mol. The molecule has 0 saturated carbocycles. The third-order valence-electron chi connectivity index (χ3n) is 4.69. The van der Waals surface area contributed by atoms with Gasteiger partial charge in [0.25, 0.3) is 0 Å². The van der Waals surface area contributed by atoms with Crippen molar-refractivity contribution in [1.82, 2.24) is 5.32 Å². The van der Waals surface area contributed by atoms with Crippen LogP contribution in [0.1, 0.15) is 37.3 Å². The number of rotatable bonds is 8. The second kappa shape index (κ2) is 11.7. The molecule has 0 spiro atoms. The molecule has 0 aromatic heterocycles. The van der Waals surface area contributed by atoms with Crippen LogP contribution < -0.4 is 11.1 Å². The summed E-state index contributed by atoms with van der Waals surface area (Å²) in [6.45, 7) is 8.73. The number of nitrogens with two attached hydrogens (primary N) is 1. The largest absolute Gasteiger partial charge is 0.382 e. The van der Waals surface area contributed by atoms with Crippen LogP contribution in [0.2, 0.25) is 0 Å². The Morgan fingerprint density at radius 3 is 2.72 bits per heavy atom. The Balaban J connectivity index is 0.00000312. The predicted octanol–water partition coefficient (Wildman–Crippen LogP) is 2.99. The summed E-state index contributed by atoms with van der Waals surface area (Å²) < 4.78 is 10.9. The van der Waals surface area contributed by atoms with Crippen molar-refractivity contribution in [2.75, 3.05) is 39.5 Å². The number of aryl methyl sites for hydroxylation is 1. The fourth-order valence-electron chi connectivity index (χ4n) is 3.27. The van der Waals surface area contributed by atoms with Gasteiger partial charge >= 0.3 is 0 Å². The van der Waals surface area contributed by atoms with E-state index in [0.29, 0.717) is 12.5 Å². The van der Waals surface area contributed by atoms with Crippen LogP contribution in [0.5, 0.6) is 0 Å². The number of hydrogen-bond donors (Lipinski definition) is 2. The molecule has 3 N–H and O–H groups in total. The van der Waals surface area contributed by atoms with Crippen molar-refractivity contribution in [3.05, 3.63) is 35.4 Å². The van der Waals surface area contributed by atoms with E-state index in [1.807, 2.05) is 6.92 Å². The maximum atomic E-state index is 6.05. The maximum Gasteiger partial charge on any atom is 0.188 e. The summed E-state index contributed by atoms with van der Waals surface area (Å²) in [7, 11) is 0. The number of nitrogens with zero attached hydrogens (tertiary/aromatic N) is 1. The highest BCUT2D eigenvalue weighted by atomic mass is 127. The molecule has 1 aliphatic rings. The normalized spacial score (nSPS) is 17.0. The molecule has 142 valence electrons. The molecule has 0 aliphatic carbocycles. The number of hydrogen-bond acceptors (Lipinski definition) is 3. The van der Waals surface area contributed by atoms with Gasteiger partial charge in [-0.25, -0.2) is 0 Å². The molecule has 0 amide bonds. The van der Waals surface area contributed by atoms with Gasteiger partial charge in [0, 0.05) is 38.4 Å². The molecule has 1 heterocycles. The lowest BCUT2D eigenvalue weighted by molar-refractivity contribution is 0.0529. The topological polar surface area (TPSA) is 68.9 Å². The smallest absolute Gasteiger partial charge is 0.188 e. The Bertz CT molecular complexity index is 531. The Labute approximate surface area is 168 Å². The molecule has 2 rings (SSSR count). The van der Waals surface area contributed by atoms with Gasteiger partial charge in [0.05, 0.1) is 6.54 Å². The van der Waals surface area contributed by atoms with E-state index in [0.717, 1.165) is 52.2 Å². The third kappa shape index (κ3) is 6.75. The molecule has 0 bridgehead atoms. The Morgan fingerprint density at radius 1 is 1.32 bits per heavy atom. The van der Waals surface area contributed by atoms with Gasteiger partial charge in [0.2, 0.25) is 0 Å². The zero-order chi connectivity index (χ0) is 17.3. The van der Waals surface area contributed by atoms with Gasteiger partial charge in [0.1, 0.15) is 0 Å². The number of aliphatic imine (C=N–C) groups is 1. The molecule has 1 aromatic rings. The molecule has 5 nitrogen and oxygen atoms in total.